The van der Waals surface area contributed by atoms with Gasteiger partial charge in [-0.05, 0) is 61.2 Å². The maximum Gasteiger partial charge on any atom is 0.0608 e. The van der Waals surface area contributed by atoms with E-state index in [2.05, 4.69) is 20.8 Å². The minimum atomic E-state index is 0.560. The Morgan fingerprint density at radius 3 is 2.56 bits per heavy atom. The van der Waals surface area contributed by atoms with Crippen molar-refractivity contribution in [3.8, 4) is 0 Å². The highest BCUT2D eigenvalue weighted by atomic mass is 16.5. The van der Waals surface area contributed by atoms with Crippen molar-refractivity contribution in [2.75, 3.05) is 6.61 Å². The average molecular weight is 250 g/mol. The van der Waals surface area contributed by atoms with Crippen molar-refractivity contribution in [1.29, 1.82) is 0 Å². The van der Waals surface area contributed by atoms with E-state index in [0.717, 1.165) is 18.4 Å². The summed E-state index contributed by atoms with van der Waals surface area (Å²) in [6.07, 6.45) is 11.7. The molecular formula is C17H30O. The monoisotopic (exact) mass is 250 g/mol. The third-order valence-corrected chi connectivity index (χ3v) is 6.55. The van der Waals surface area contributed by atoms with Crippen LogP contribution >= 0.6 is 0 Å². The van der Waals surface area contributed by atoms with E-state index in [0.29, 0.717) is 16.9 Å². The van der Waals surface area contributed by atoms with Crippen LogP contribution in [0, 0.1) is 22.7 Å². The summed E-state index contributed by atoms with van der Waals surface area (Å²) in [4.78, 5) is 0. The molecule has 1 saturated heterocycles. The fourth-order valence-electron chi connectivity index (χ4n) is 5.70. The molecule has 18 heavy (non-hydrogen) atoms. The maximum absolute atomic E-state index is 6.19. The summed E-state index contributed by atoms with van der Waals surface area (Å²) in [6.45, 7) is 8.66. The Morgan fingerprint density at radius 1 is 0.889 bits per heavy atom. The van der Waals surface area contributed by atoms with Gasteiger partial charge in [-0.15, -0.1) is 0 Å². The van der Waals surface area contributed by atoms with Crippen LogP contribution in [-0.2, 0) is 4.74 Å². The smallest absolute Gasteiger partial charge is 0.0608 e. The van der Waals surface area contributed by atoms with Gasteiger partial charge < -0.3 is 4.74 Å². The van der Waals surface area contributed by atoms with Gasteiger partial charge in [0.05, 0.1) is 6.10 Å². The molecular weight excluding hydrogens is 220 g/mol. The first-order valence-electron chi connectivity index (χ1n) is 8.16. The molecule has 1 nitrogen and oxygen atoms in total. The van der Waals surface area contributed by atoms with Crippen LogP contribution in [0.4, 0.5) is 0 Å². The first-order chi connectivity index (χ1) is 8.54. The Balaban J connectivity index is 1.90. The quantitative estimate of drug-likeness (QED) is 0.600. The van der Waals surface area contributed by atoms with Gasteiger partial charge in [0.15, 0.2) is 0 Å². The van der Waals surface area contributed by atoms with Crippen LogP contribution < -0.4 is 0 Å². The molecule has 1 heterocycles. The highest BCUT2D eigenvalue weighted by molar-refractivity contribution is 5.04. The highest BCUT2D eigenvalue weighted by Gasteiger charge is 2.54. The molecule has 0 bridgehead atoms. The minimum absolute atomic E-state index is 0.560. The first-order valence-corrected chi connectivity index (χ1v) is 8.16. The van der Waals surface area contributed by atoms with Crippen molar-refractivity contribution in [1.82, 2.24) is 0 Å². The highest BCUT2D eigenvalue weighted by Crippen LogP contribution is 2.61. The maximum atomic E-state index is 6.19. The van der Waals surface area contributed by atoms with E-state index in [1.54, 1.807) is 0 Å². The third-order valence-electron chi connectivity index (χ3n) is 6.55. The van der Waals surface area contributed by atoms with Gasteiger partial charge in [0.2, 0.25) is 0 Å². The zero-order chi connectivity index (χ0) is 12.8. The largest absolute Gasteiger partial charge is 0.378 e. The normalized spacial score (nSPS) is 47.8. The van der Waals surface area contributed by atoms with Gasteiger partial charge in [-0.2, -0.15) is 0 Å². The number of hydrogen-bond donors (Lipinski definition) is 0. The molecule has 1 aliphatic heterocycles. The molecule has 2 unspecified atom stereocenters. The van der Waals surface area contributed by atoms with Crippen LogP contribution in [0.25, 0.3) is 0 Å². The van der Waals surface area contributed by atoms with Gasteiger partial charge >= 0.3 is 0 Å². The lowest BCUT2D eigenvalue weighted by Gasteiger charge is -2.59. The predicted molar refractivity (Wildman–Crippen MR) is 75.5 cm³/mol. The lowest BCUT2D eigenvalue weighted by Crippen LogP contribution is -2.53. The molecule has 0 aromatic carbocycles. The number of rotatable bonds is 0. The van der Waals surface area contributed by atoms with Crippen LogP contribution in [0.2, 0.25) is 0 Å². The molecule has 2 saturated carbocycles. The summed E-state index contributed by atoms with van der Waals surface area (Å²) in [5, 5.41) is 0. The fraction of sp³-hybridized carbons (Fsp3) is 1.00. The predicted octanol–water partition coefficient (Wildman–Crippen LogP) is 4.80. The van der Waals surface area contributed by atoms with Crippen LogP contribution in [0.5, 0.6) is 0 Å². The van der Waals surface area contributed by atoms with Gasteiger partial charge in [0, 0.05) is 6.61 Å². The Labute approximate surface area is 113 Å². The molecule has 0 spiro atoms. The molecule has 0 aromatic rings. The van der Waals surface area contributed by atoms with Crippen molar-refractivity contribution in [2.24, 2.45) is 22.7 Å². The molecule has 3 rings (SSSR count). The second-order valence-electron chi connectivity index (χ2n) is 7.99. The zero-order valence-corrected chi connectivity index (χ0v) is 12.5. The average Bonchev–Trinajstić information content (AvgIpc) is 2.53. The van der Waals surface area contributed by atoms with Crippen LogP contribution in [0.15, 0.2) is 0 Å². The van der Waals surface area contributed by atoms with Gasteiger partial charge in [-0.1, -0.05) is 33.6 Å². The molecule has 1 heteroatoms. The third kappa shape index (κ3) is 1.94. The summed E-state index contributed by atoms with van der Waals surface area (Å²) >= 11 is 0. The van der Waals surface area contributed by atoms with Crippen LogP contribution in [0.3, 0.4) is 0 Å². The van der Waals surface area contributed by atoms with Gasteiger partial charge in [0.1, 0.15) is 0 Å². The Bertz CT molecular complexity index is 309. The van der Waals surface area contributed by atoms with E-state index in [-0.39, 0.29) is 0 Å². The number of hydrogen-bond acceptors (Lipinski definition) is 1. The second-order valence-corrected chi connectivity index (χ2v) is 7.99. The van der Waals surface area contributed by atoms with E-state index in [1.807, 2.05) is 0 Å². The van der Waals surface area contributed by atoms with E-state index in [1.165, 1.54) is 51.4 Å². The van der Waals surface area contributed by atoms with Gasteiger partial charge in [-0.25, -0.2) is 0 Å². The number of ether oxygens (including phenoxy) is 1. The minimum Gasteiger partial charge on any atom is -0.378 e. The Morgan fingerprint density at radius 2 is 1.72 bits per heavy atom. The fourth-order valence-corrected chi connectivity index (χ4v) is 5.70. The van der Waals surface area contributed by atoms with Crippen LogP contribution in [-0.4, -0.2) is 12.7 Å². The molecule has 104 valence electrons. The lowest BCUT2D eigenvalue weighted by atomic mass is 9.47. The summed E-state index contributed by atoms with van der Waals surface area (Å²) in [5.74, 6) is 1.78. The van der Waals surface area contributed by atoms with Gasteiger partial charge in [0.25, 0.3) is 0 Å². The molecule has 4 atom stereocenters. The molecule has 3 aliphatic rings. The lowest BCUT2D eigenvalue weighted by molar-refractivity contribution is -0.136. The molecule has 0 amide bonds. The topological polar surface area (TPSA) is 9.23 Å². The van der Waals surface area contributed by atoms with Crippen molar-refractivity contribution in [2.45, 2.75) is 78.2 Å². The van der Waals surface area contributed by atoms with Crippen LogP contribution in [0.1, 0.15) is 72.1 Å². The van der Waals surface area contributed by atoms with Crippen molar-refractivity contribution < 1.29 is 4.74 Å². The molecule has 3 fully saturated rings. The first kappa shape index (κ1) is 13.0. The van der Waals surface area contributed by atoms with Crippen molar-refractivity contribution in [3.05, 3.63) is 0 Å². The second kappa shape index (κ2) is 4.51. The Kier molecular flexibility index (Phi) is 3.25. The van der Waals surface area contributed by atoms with E-state index in [4.69, 9.17) is 4.74 Å². The summed E-state index contributed by atoms with van der Waals surface area (Å²) in [7, 11) is 0. The zero-order valence-electron chi connectivity index (χ0n) is 12.5. The summed E-state index contributed by atoms with van der Waals surface area (Å²) in [6, 6.07) is 0. The van der Waals surface area contributed by atoms with Crippen molar-refractivity contribution in [3.63, 3.8) is 0 Å². The van der Waals surface area contributed by atoms with E-state index < -0.39 is 0 Å². The molecule has 2 aliphatic carbocycles. The van der Waals surface area contributed by atoms with Crippen molar-refractivity contribution >= 4 is 0 Å². The van der Waals surface area contributed by atoms with Gasteiger partial charge in [-0.3, -0.25) is 0 Å². The molecule has 0 N–H and O–H groups in total. The summed E-state index contributed by atoms with van der Waals surface area (Å²) in [5.41, 5.74) is 1.12. The Hall–Kier alpha value is -0.0400. The SMILES string of the molecule is CC1(C)CCC[C@@]2(C)C1CCC1OCCCC[C@@H]12. The van der Waals surface area contributed by atoms with E-state index >= 15 is 0 Å². The number of fused-ring (bicyclic) bond motifs is 3. The van der Waals surface area contributed by atoms with E-state index in [9.17, 15) is 0 Å². The standard InChI is InChI=1S/C17H30O/c1-16(2)10-6-11-17(3)13-7-4-5-12-18-14(13)8-9-15(16)17/h13-15H,4-12H2,1-3H3/t13-,14?,15?,17+/m0/s1. The molecule has 0 radical (unpaired) electrons. The summed E-state index contributed by atoms with van der Waals surface area (Å²) < 4.78 is 6.19. The molecule has 0 aromatic heterocycles.